The molecule has 0 aliphatic heterocycles. The van der Waals surface area contributed by atoms with Gasteiger partial charge in [-0.15, -0.1) is 11.3 Å². The summed E-state index contributed by atoms with van der Waals surface area (Å²) in [5.41, 5.74) is 0.531. The number of carbonyl (C=O) groups is 4. The second-order valence-corrected chi connectivity index (χ2v) is 7.92. The van der Waals surface area contributed by atoms with Crippen molar-refractivity contribution in [3.8, 4) is 0 Å². The van der Waals surface area contributed by atoms with Gasteiger partial charge < -0.3 is 16.0 Å². The Bertz CT molecular complexity index is 1120. The number of hydrogen-bond donors (Lipinski definition) is 3. The molecule has 10 heteroatoms. The number of benzene rings is 2. The topological polar surface area (TPSA) is 117 Å². The largest absolute Gasteiger partial charge is 0.344 e. The van der Waals surface area contributed by atoms with Gasteiger partial charge in [0.2, 0.25) is 11.7 Å². The van der Waals surface area contributed by atoms with Crippen LogP contribution in [0.2, 0.25) is 0 Å². The fourth-order valence-corrected chi connectivity index (χ4v) is 3.50. The summed E-state index contributed by atoms with van der Waals surface area (Å²) >= 11 is 1.33. The number of amides is 3. The van der Waals surface area contributed by atoms with Crippen molar-refractivity contribution in [1.82, 2.24) is 20.9 Å². The molecule has 0 saturated carbocycles. The molecular formula is C23H21FN4O4S. The lowest BCUT2D eigenvalue weighted by Crippen LogP contribution is -2.50. The molecule has 1 atom stereocenters. The van der Waals surface area contributed by atoms with Crippen molar-refractivity contribution in [2.24, 2.45) is 0 Å². The van der Waals surface area contributed by atoms with E-state index in [1.807, 2.05) is 0 Å². The fraction of sp³-hybridized carbons (Fsp3) is 0.174. The molecule has 0 spiro atoms. The van der Waals surface area contributed by atoms with E-state index in [0.29, 0.717) is 5.01 Å². The zero-order valence-corrected chi connectivity index (χ0v) is 18.2. The van der Waals surface area contributed by atoms with Gasteiger partial charge in [-0.2, -0.15) is 0 Å². The van der Waals surface area contributed by atoms with Crippen molar-refractivity contribution in [2.75, 3.05) is 6.54 Å². The van der Waals surface area contributed by atoms with E-state index >= 15 is 0 Å². The Morgan fingerprint density at radius 3 is 2.39 bits per heavy atom. The maximum absolute atomic E-state index is 13.7. The standard InChI is InChI=1S/C23H21FN4O4S/c24-17-9-5-4-8-16(17)22(31)26-13-19(29)28-18(12-15-6-2-1-3-7-15)21(30)23(32)27-14-20-25-10-11-33-20/h1-11,18H,12-14H2,(H,26,31)(H,27,32)(H,28,29)/t18-/m1/s1. The number of thiazole rings is 1. The second-order valence-electron chi connectivity index (χ2n) is 6.95. The first-order valence-electron chi connectivity index (χ1n) is 10.0. The minimum Gasteiger partial charge on any atom is -0.344 e. The van der Waals surface area contributed by atoms with E-state index in [-0.39, 0.29) is 18.5 Å². The maximum atomic E-state index is 13.7. The van der Waals surface area contributed by atoms with Crippen LogP contribution in [0, 0.1) is 5.82 Å². The Labute approximate surface area is 193 Å². The van der Waals surface area contributed by atoms with Crippen molar-refractivity contribution in [1.29, 1.82) is 0 Å². The summed E-state index contributed by atoms with van der Waals surface area (Å²) in [5, 5.41) is 9.68. The number of nitrogens with one attached hydrogen (secondary N) is 3. The number of hydrogen-bond acceptors (Lipinski definition) is 6. The quantitative estimate of drug-likeness (QED) is 0.391. The molecule has 0 fully saturated rings. The molecule has 33 heavy (non-hydrogen) atoms. The predicted octanol–water partition coefficient (Wildman–Crippen LogP) is 1.62. The van der Waals surface area contributed by atoms with E-state index in [1.54, 1.807) is 41.9 Å². The van der Waals surface area contributed by atoms with Crippen LogP contribution in [0.5, 0.6) is 0 Å². The molecule has 1 aromatic heterocycles. The third kappa shape index (κ3) is 7.04. The monoisotopic (exact) mass is 468 g/mol. The molecule has 0 aliphatic carbocycles. The summed E-state index contributed by atoms with van der Waals surface area (Å²) in [4.78, 5) is 53.7. The minimum absolute atomic E-state index is 0.0807. The molecule has 3 aromatic rings. The van der Waals surface area contributed by atoms with Crippen LogP contribution < -0.4 is 16.0 Å². The van der Waals surface area contributed by atoms with Gasteiger partial charge in [0.05, 0.1) is 18.7 Å². The third-order valence-electron chi connectivity index (χ3n) is 4.57. The number of aromatic nitrogens is 1. The molecule has 3 amide bonds. The zero-order chi connectivity index (χ0) is 23.6. The highest BCUT2D eigenvalue weighted by molar-refractivity contribution is 7.09. The van der Waals surface area contributed by atoms with Gasteiger partial charge in [0.25, 0.3) is 11.8 Å². The van der Waals surface area contributed by atoms with Gasteiger partial charge in [-0.25, -0.2) is 9.37 Å². The van der Waals surface area contributed by atoms with Crippen molar-refractivity contribution in [3.63, 3.8) is 0 Å². The van der Waals surface area contributed by atoms with Gasteiger partial charge in [-0.1, -0.05) is 42.5 Å². The van der Waals surface area contributed by atoms with Crippen LogP contribution >= 0.6 is 11.3 Å². The summed E-state index contributed by atoms with van der Waals surface area (Å²) in [6.45, 7) is -0.403. The van der Waals surface area contributed by atoms with Crippen LogP contribution in [0.4, 0.5) is 4.39 Å². The van der Waals surface area contributed by atoms with Crippen molar-refractivity contribution in [2.45, 2.75) is 19.0 Å². The van der Waals surface area contributed by atoms with E-state index in [0.717, 1.165) is 11.6 Å². The Kier molecular flexibility index (Phi) is 8.36. The summed E-state index contributed by atoms with van der Waals surface area (Å²) in [7, 11) is 0. The highest BCUT2D eigenvalue weighted by Gasteiger charge is 2.27. The minimum atomic E-state index is -1.15. The van der Waals surface area contributed by atoms with Gasteiger partial charge >= 0.3 is 0 Å². The third-order valence-corrected chi connectivity index (χ3v) is 5.35. The Morgan fingerprint density at radius 2 is 1.70 bits per heavy atom. The second kappa shape index (κ2) is 11.6. The first kappa shape index (κ1) is 23.7. The van der Waals surface area contributed by atoms with Crippen molar-refractivity contribution < 1.29 is 23.6 Å². The number of ketones is 1. The van der Waals surface area contributed by atoms with Crippen LogP contribution in [0.3, 0.4) is 0 Å². The van der Waals surface area contributed by atoms with Crippen LogP contribution in [0.15, 0.2) is 66.2 Å². The molecule has 1 heterocycles. The molecule has 0 bridgehead atoms. The fourth-order valence-electron chi connectivity index (χ4n) is 2.95. The molecule has 2 aromatic carbocycles. The number of carbonyl (C=O) groups excluding carboxylic acids is 4. The predicted molar refractivity (Wildman–Crippen MR) is 120 cm³/mol. The summed E-state index contributed by atoms with van der Waals surface area (Å²) in [6, 6.07) is 13.1. The molecule has 0 aliphatic rings. The summed E-state index contributed by atoms with van der Waals surface area (Å²) in [5.74, 6) is -3.87. The first-order valence-corrected chi connectivity index (χ1v) is 10.9. The number of Topliss-reactive ketones (excluding diaryl/α,β-unsaturated/α-hetero) is 1. The van der Waals surface area contributed by atoms with Gasteiger partial charge in [-0.05, 0) is 17.7 Å². The molecule has 0 radical (unpaired) electrons. The zero-order valence-electron chi connectivity index (χ0n) is 17.4. The van der Waals surface area contributed by atoms with Gasteiger partial charge in [0, 0.05) is 18.0 Å². The van der Waals surface area contributed by atoms with E-state index in [4.69, 9.17) is 0 Å². The Morgan fingerprint density at radius 1 is 0.970 bits per heavy atom. The number of rotatable bonds is 10. The normalized spacial score (nSPS) is 11.3. The van der Waals surface area contributed by atoms with Crippen molar-refractivity contribution >= 4 is 34.8 Å². The average molecular weight is 469 g/mol. The number of halogens is 1. The van der Waals surface area contributed by atoms with Crippen LogP contribution in [-0.2, 0) is 27.3 Å². The molecule has 3 N–H and O–H groups in total. The van der Waals surface area contributed by atoms with Crippen LogP contribution in [0.1, 0.15) is 20.9 Å². The SMILES string of the molecule is O=C(CNC(=O)c1ccccc1F)N[C@H](Cc1ccccc1)C(=O)C(=O)NCc1nccs1. The van der Waals surface area contributed by atoms with Crippen LogP contribution in [-0.4, -0.2) is 41.1 Å². The molecule has 0 saturated heterocycles. The van der Waals surface area contributed by atoms with E-state index < -0.39 is 41.9 Å². The lowest BCUT2D eigenvalue weighted by molar-refractivity contribution is -0.140. The van der Waals surface area contributed by atoms with E-state index in [9.17, 15) is 23.6 Å². The number of nitrogens with zero attached hydrogens (tertiary/aromatic N) is 1. The smallest absolute Gasteiger partial charge is 0.289 e. The maximum Gasteiger partial charge on any atom is 0.289 e. The Balaban J connectivity index is 1.62. The van der Waals surface area contributed by atoms with E-state index in [2.05, 4.69) is 20.9 Å². The van der Waals surface area contributed by atoms with Gasteiger partial charge in [0.15, 0.2) is 0 Å². The Hall–Kier alpha value is -3.92. The highest BCUT2D eigenvalue weighted by Crippen LogP contribution is 2.07. The first-order chi connectivity index (χ1) is 15.9. The average Bonchev–Trinajstić information content (AvgIpc) is 3.35. The molecule has 3 rings (SSSR count). The molecule has 0 unspecified atom stereocenters. The van der Waals surface area contributed by atoms with Gasteiger partial charge in [-0.3, -0.25) is 19.2 Å². The lowest BCUT2D eigenvalue weighted by atomic mass is 10.0. The van der Waals surface area contributed by atoms with Gasteiger partial charge in [0.1, 0.15) is 16.9 Å². The summed E-state index contributed by atoms with van der Waals surface area (Å²) < 4.78 is 13.7. The van der Waals surface area contributed by atoms with Crippen molar-refractivity contribution in [3.05, 3.63) is 88.1 Å². The molecule has 8 nitrogen and oxygen atoms in total. The molecule has 170 valence electrons. The highest BCUT2D eigenvalue weighted by atomic mass is 32.1. The lowest BCUT2D eigenvalue weighted by Gasteiger charge is -2.18. The van der Waals surface area contributed by atoms with Crippen LogP contribution in [0.25, 0.3) is 0 Å². The summed E-state index contributed by atoms with van der Waals surface area (Å²) in [6.07, 6.45) is 1.67. The van der Waals surface area contributed by atoms with E-state index in [1.165, 1.54) is 29.5 Å². The molecular weight excluding hydrogens is 447 g/mol.